The second-order valence-electron chi connectivity index (χ2n) is 4.61. The summed E-state index contributed by atoms with van der Waals surface area (Å²) in [6.07, 6.45) is 0. The highest BCUT2D eigenvalue weighted by Gasteiger charge is 2.36. The molecule has 2 aromatic carbocycles. The Labute approximate surface area is 144 Å². The number of methoxy groups -OCH3 is 2. The third-order valence-electron chi connectivity index (χ3n) is 3.40. The average molecular weight is 386 g/mol. The van der Waals surface area contributed by atoms with Gasteiger partial charge in [-0.2, -0.15) is 0 Å². The molecule has 0 saturated heterocycles. The van der Waals surface area contributed by atoms with Crippen LogP contribution < -0.4 is 4.74 Å². The molecular weight excluding hydrogens is 368 g/mol. The van der Waals surface area contributed by atoms with Gasteiger partial charge in [0.2, 0.25) is 5.79 Å². The lowest BCUT2D eigenvalue weighted by Gasteiger charge is -2.32. The summed E-state index contributed by atoms with van der Waals surface area (Å²) >= 11 is 9.83. The van der Waals surface area contributed by atoms with Crippen molar-refractivity contribution in [3.8, 4) is 5.75 Å². The summed E-state index contributed by atoms with van der Waals surface area (Å²) in [7, 11) is 3.19. The molecule has 0 N–H and O–H groups in total. The van der Waals surface area contributed by atoms with Gasteiger partial charge in [-0.15, -0.1) is 0 Å². The highest BCUT2D eigenvalue weighted by atomic mass is 79.9. The van der Waals surface area contributed by atoms with Crippen molar-refractivity contribution in [2.45, 2.75) is 12.7 Å². The summed E-state index contributed by atoms with van der Waals surface area (Å²) in [6, 6.07) is 13.2. The molecule has 22 heavy (non-hydrogen) atoms. The molecule has 2 rings (SSSR count). The minimum absolute atomic E-state index is 0.570. The van der Waals surface area contributed by atoms with Crippen LogP contribution in [-0.2, 0) is 15.3 Å². The zero-order valence-electron chi connectivity index (χ0n) is 12.7. The van der Waals surface area contributed by atoms with Crippen molar-refractivity contribution in [2.75, 3.05) is 20.8 Å². The quantitative estimate of drug-likeness (QED) is 0.655. The van der Waals surface area contributed by atoms with Crippen LogP contribution in [0.25, 0.3) is 0 Å². The largest absolute Gasteiger partial charge is 0.494 e. The molecule has 0 unspecified atom stereocenters. The molecule has 0 aliphatic carbocycles. The fraction of sp³-hybridized carbons (Fsp3) is 0.294. The van der Waals surface area contributed by atoms with Gasteiger partial charge in [0.1, 0.15) is 5.75 Å². The summed E-state index contributed by atoms with van der Waals surface area (Å²) in [5.41, 5.74) is 1.57. The third kappa shape index (κ3) is 3.30. The minimum Gasteiger partial charge on any atom is -0.494 e. The first-order valence-electron chi connectivity index (χ1n) is 6.86. The van der Waals surface area contributed by atoms with E-state index in [-0.39, 0.29) is 0 Å². The van der Waals surface area contributed by atoms with Crippen LogP contribution in [0.4, 0.5) is 0 Å². The standard InChI is InChI=1S/C17H18BrClO3/c1-4-22-14-8-5-12(6-9-14)17(20-2,21-3)15-11-13(18)7-10-16(15)19/h5-11H,4H2,1-3H3. The number of hydrogen-bond acceptors (Lipinski definition) is 3. The van der Waals surface area contributed by atoms with E-state index < -0.39 is 5.79 Å². The monoisotopic (exact) mass is 384 g/mol. The van der Waals surface area contributed by atoms with Gasteiger partial charge in [0.15, 0.2) is 0 Å². The SMILES string of the molecule is CCOc1ccc(C(OC)(OC)c2cc(Br)ccc2Cl)cc1. The molecule has 0 aromatic heterocycles. The molecule has 0 bridgehead atoms. The second-order valence-corrected chi connectivity index (χ2v) is 5.93. The van der Waals surface area contributed by atoms with Gasteiger partial charge in [-0.05, 0) is 49.4 Å². The van der Waals surface area contributed by atoms with E-state index in [1.165, 1.54) is 0 Å². The van der Waals surface area contributed by atoms with Crippen LogP contribution in [0.5, 0.6) is 5.75 Å². The molecule has 0 heterocycles. The molecule has 0 amide bonds. The Kier molecular flexibility index (Phi) is 5.87. The van der Waals surface area contributed by atoms with Crippen LogP contribution in [0.1, 0.15) is 18.1 Å². The van der Waals surface area contributed by atoms with Crippen molar-refractivity contribution in [3.05, 3.63) is 63.1 Å². The highest BCUT2D eigenvalue weighted by molar-refractivity contribution is 9.10. The lowest BCUT2D eigenvalue weighted by molar-refractivity contribution is -0.183. The number of hydrogen-bond donors (Lipinski definition) is 0. The molecule has 0 saturated carbocycles. The zero-order valence-corrected chi connectivity index (χ0v) is 15.1. The van der Waals surface area contributed by atoms with Gasteiger partial charge < -0.3 is 14.2 Å². The number of benzene rings is 2. The molecule has 0 aliphatic heterocycles. The summed E-state index contributed by atoms with van der Waals surface area (Å²) in [4.78, 5) is 0. The van der Waals surface area contributed by atoms with Crippen LogP contribution in [0, 0.1) is 0 Å². The summed E-state index contributed by atoms with van der Waals surface area (Å²) < 4.78 is 17.8. The van der Waals surface area contributed by atoms with Crippen LogP contribution in [-0.4, -0.2) is 20.8 Å². The van der Waals surface area contributed by atoms with Gasteiger partial charge in [0.25, 0.3) is 0 Å². The maximum atomic E-state index is 6.36. The molecule has 0 fully saturated rings. The molecular formula is C17H18BrClO3. The minimum atomic E-state index is -1.08. The smallest absolute Gasteiger partial charge is 0.223 e. The van der Waals surface area contributed by atoms with Crippen LogP contribution in [0.3, 0.4) is 0 Å². The molecule has 0 aliphatic rings. The molecule has 5 heteroatoms. The van der Waals surface area contributed by atoms with Crippen molar-refractivity contribution in [2.24, 2.45) is 0 Å². The van der Waals surface area contributed by atoms with Crippen LogP contribution >= 0.6 is 27.5 Å². The van der Waals surface area contributed by atoms with E-state index >= 15 is 0 Å². The topological polar surface area (TPSA) is 27.7 Å². The normalized spacial score (nSPS) is 11.5. The van der Waals surface area contributed by atoms with Crippen molar-refractivity contribution < 1.29 is 14.2 Å². The van der Waals surface area contributed by atoms with Crippen molar-refractivity contribution in [1.82, 2.24) is 0 Å². The Morgan fingerprint density at radius 2 is 1.68 bits per heavy atom. The maximum absolute atomic E-state index is 6.36. The third-order valence-corrected chi connectivity index (χ3v) is 4.23. The second kappa shape index (κ2) is 7.47. The Morgan fingerprint density at radius 3 is 2.23 bits per heavy atom. The van der Waals surface area contributed by atoms with Gasteiger partial charge in [-0.1, -0.05) is 27.5 Å². The van der Waals surface area contributed by atoms with Crippen molar-refractivity contribution in [1.29, 1.82) is 0 Å². The van der Waals surface area contributed by atoms with Crippen LogP contribution in [0.15, 0.2) is 46.9 Å². The fourth-order valence-corrected chi connectivity index (χ4v) is 2.98. The van der Waals surface area contributed by atoms with Crippen molar-refractivity contribution >= 4 is 27.5 Å². The fourth-order valence-electron chi connectivity index (χ4n) is 2.38. The van der Waals surface area contributed by atoms with E-state index in [0.29, 0.717) is 11.6 Å². The van der Waals surface area contributed by atoms with E-state index in [2.05, 4.69) is 15.9 Å². The van der Waals surface area contributed by atoms with Gasteiger partial charge >= 0.3 is 0 Å². The first-order chi connectivity index (χ1) is 10.6. The molecule has 118 valence electrons. The van der Waals surface area contributed by atoms with Gasteiger partial charge in [0, 0.05) is 34.8 Å². The van der Waals surface area contributed by atoms with Gasteiger partial charge in [-0.25, -0.2) is 0 Å². The predicted octanol–water partition coefficient (Wildman–Crippen LogP) is 5.00. The molecule has 0 spiro atoms. The molecule has 2 aromatic rings. The first kappa shape index (κ1) is 17.3. The Balaban J connectivity index is 2.54. The lowest BCUT2D eigenvalue weighted by atomic mass is 9.96. The van der Waals surface area contributed by atoms with E-state index in [0.717, 1.165) is 21.3 Å². The van der Waals surface area contributed by atoms with Gasteiger partial charge in [-0.3, -0.25) is 0 Å². The Hall–Kier alpha value is -1.07. The zero-order chi connectivity index (χ0) is 16.2. The summed E-state index contributed by atoms with van der Waals surface area (Å²) in [5, 5.41) is 0.570. The van der Waals surface area contributed by atoms with E-state index in [1.807, 2.05) is 49.4 Å². The van der Waals surface area contributed by atoms with Crippen LogP contribution in [0.2, 0.25) is 5.02 Å². The first-order valence-corrected chi connectivity index (χ1v) is 8.03. The number of ether oxygens (including phenoxy) is 3. The Morgan fingerprint density at radius 1 is 1.05 bits per heavy atom. The maximum Gasteiger partial charge on any atom is 0.223 e. The van der Waals surface area contributed by atoms with Gasteiger partial charge in [0.05, 0.1) is 6.61 Å². The van der Waals surface area contributed by atoms with E-state index in [4.69, 9.17) is 25.8 Å². The lowest BCUT2D eigenvalue weighted by Crippen LogP contribution is -2.32. The highest BCUT2D eigenvalue weighted by Crippen LogP contribution is 2.39. The summed E-state index contributed by atoms with van der Waals surface area (Å²) in [5.74, 6) is -0.279. The predicted molar refractivity (Wildman–Crippen MR) is 91.6 cm³/mol. The summed E-state index contributed by atoms with van der Waals surface area (Å²) in [6.45, 7) is 2.57. The van der Waals surface area contributed by atoms with E-state index in [1.54, 1.807) is 14.2 Å². The molecule has 0 atom stereocenters. The molecule has 3 nitrogen and oxygen atoms in total. The number of halogens is 2. The van der Waals surface area contributed by atoms with E-state index in [9.17, 15) is 0 Å². The van der Waals surface area contributed by atoms with Crippen molar-refractivity contribution in [3.63, 3.8) is 0 Å². The number of rotatable bonds is 6. The average Bonchev–Trinajstić information content (AvgIpc) is 2.54. The molecule has 0 radical (unpaired) electrons. The Bertz CT molecular complexity index is 624.